The van der Waals surface area contributed by atoms with Crippen LogP contribution in [0.1, 0.15) is 32.3 Å². The lowest BCUT2D eigenvalue weighted by Crippen LogP contribution is -2.32. The van der Waals surface area contributed by atoms with E-state index in [2.05, 4.69) is 61.3 Å². The smallest absolute Gasteiger partial charge is 0.264 e. The van der Waals surface area contributed by atoms with Crippen molar-refractivity contribution in [2.24, 2.45) is 0 Å². The van der Waals surface area contributed by atoms with Crippen LogP contribution >= 0.6 is 0 Å². The quantitative estimate of drug-likeness (QED) is 0.541. The fourth-order valence-electron chi connectivity index (χ4n) is 4.38. The van der Waals surface area contributed by atoms with Crippen molar-refractivity contribution in [1.82, 2.24) is 0 Å². The van der Waals surface area contributed by atoms with Crippen molar-refractivity contribution in [3.8, 4) is 0 Å². The monoisotopic (exact) mass is 407 g/mol. The molecule has 5 heteroatoms. The Morgan fingerprint density at radius 2 is 1.66 bits per heavy atom. The molecule has 0 saturated heterocycles. The number of rotatable bonds is 5. The van der Waals surface area contributed by atoms with Gasteiger partial charge in [-0.15, -0.1) is 0 Å². The molecule has 3 aromatic rings. The summed E-state index contributed by atoms with van der Waals surface area (Å²) in [6.45, 7) is 4.28. The van der Waals surface area contributed by atoms with E-state index >= 15 is 0 Å². The highest BCUT2D eigenvalue weighted by molar-refractivity contribution is 7.85. The third-order valence-electron chi connectivity index (χ3n) is 6.02. The number of nitrogens with zero attached hydrogens (tertiary/aromatic N) is 1. The maximum absolute atomic E-state index is 11.3. The molecule has 0 amide bonds. The molecule has 150 valence electrons. The number of anilines is 2. The van der Waals surface area contributed by atoms with Gasteiger partial charge in [-0.05, 0) is 59.9 Å². The van der Waals surface area contributed by atoms with Crippen LogP contribution in [0.4, 0.5) is 11.4 Å². The van der Waals surface area contributed by atoms with E-state index in [0.29, 0.717) is 12.8 Å². The molecule has 0 aliphatic carbocycles. The molecule has 3 aromatic carbocycles. The van der Waals surface area contributed by atoms with Crippen molar-refractivity contribution in [2.45, 2.75) is 32.1 Å². The van der Waals surface area contributed by atoms with Crippen LogP contribution in [0.25, 0.3) is 10.8 Å². The minimum Gasteiger partial charge on any atom is -0.317 e. The van der Waals surface area contributed by atoms with Crippen molar-refractivity contribution in [3.63, 3.8) is 0 Å². The summed E-state index contributed by atoms with van der Waals surface area (Å²) in [5, 5.41) is 2.34. The number of hydrogen-bond donors (Lipinski definition) is 1. The molecule has 1 aliphatic heterocycles. The lowest BCUT2D eigenvalue weighted by Gasteiger charge is -2.42. The summed E-state index contributed by atoms with van der Waals surface area (Å²) in [5.41, 5.74) is 4.24. The Balaban J connectivity index is 1.90. The summed E-state index contributed by atoms with van der Waals surface area (Å²) >= 11 is 0. The Hall–Kier alpha value is -2.63. The Kier molecular flexibility index (Phi) is 4.97. The van der Waals surface area contributed by atoms with Gasteiger partial charge in [0.25, 0.3) is 10.1 Å². The van der Waals surface area contributed by atoms with E-state index in [0.717, 1.165) is 16.8 Å². The Morgan fingerprint density at radius 1 is 0.966 bits per heavy atom. The number of fused-ring (bicyclic) bond motifs is 3. The van der Waals surface area contributed by atoms with Gasteiger partial charge in [0.2, 0.25) is 0 Å². The predicted molar refractivity (Wildman–Crippen MR) is 119 cm³/mol. The van der Waals surface area contributed by atoms with Gasteiger partial charge in [-0.1, -0.05) is 55.5 Å². The number of allylic oxidation sites excluding steroid dienone is 1. The van der Waals surface area contributed by atoms with Crippen LogP contribution in [0.5, 0.6) is 0 Å². The molecule has 29 heavy (non-hydrogen) atoms. The highest BCUT2D eigenvalue weighted by Crippen LogP contribution is 2.50. The maximum atomic E-state index is 11.3. The first kappa shape index (κ1) is 19.7. The van der Waals surface area contributed by atoms with E-state index in [4.69, 9.17) is 0 Å². The molecule has 1 atom stereocenters. The van der Waals surface area contributed by atoms with E-state index in [9.17, 15) is 13.0 Å². The van der Waals surface area contributed by atoms with Crippen molar-refractivity contribution in [3.05, 3.63) is 84.1 Å². The molecule has 1 aliphatic rings. The van der Waals surface area contributed by atoms with E-state index in [1.807, 2.05) is 30.3 Å². The first-order valence-electron chi connectivity index (χ1n) is 9.80. The minimum absolute atomic E-state index is 0.224. The van der Waals surface area contributed by atoms with Crippen molar-refractivity contribution in [1.29, 1.82) is 0 Å². The Bertz CT molecular complexity index is 1190. The lowest BCUT2D eigenvalue weighted by molar-refractivity contribution is 0.464. The van der Waals surface area contributed by atoms with Gasteiger partial charge in [-0.2, -0.15) is 8.42 Å². The Morgan fingerprint density at radius 3 is 2.38 bits per heavy atom. The average molecular weight is 408 g/mol. The second kappa shape index (κ2) is 7.32. The van der Waals surface area contributed by atoms with Crippen LogP contribution in [-0.4, -0.2) is 18.7 Å². The molecule has 4 nitrogen and oxygen atoms in total. The minimum atomic E-state index is -3.97. The highest BCUT2D eigenvalue weighted by Gasteiger charge is 2.37. The number of para-hydroxylation sites is 1. The van der Waals surface area contributed by atoms with E-state index in [-0.39, 0.29) is 11.2 Å². The van der Waals surface area contributed by atoms with Crippen LogP contribution < -0.4 is 4.90 Å². The summed E-state index contributed by atoms with van der Waals surface area (Å²) < 4.78 is 31.8. The van der Waals surface area contributed by atoms with Crippen LogP contribution in [-0.2, 0) is 15.5 Å². The number of benzene rings is 3. The van der Waals surface area contributed by atoms with Crippen molar-refractivity contribution < 1.29 is 13.0 Å². The highest BCUT2D eigenvalue weighted by atomic mass is 32.2. The summed E-state index contributed by atoms with van der Waals surface area (Å²) in [4.78, 5) is 2.21. The third-order valence-corrected chi connectivity index (χ3v) is 6.83. The zero-order chi connectivity index (χ0) is 20.6. The van der Waals surface area contributed by atoms with Gasteiger partial charge in [-0.25, -0.2) is 0 Å². The van der Waals surface area contributed by atoms with Crippen molar-refractivity contribution in [2.75, 3.05) is 10.7 Å². The van der Waals surface area contributed by atoms with Crippen LogP contribution in [0.15, 0.2) is 78.5 Å². The van der Waals surface area contributed by atoms with Crippen molar-refractivity contribution >= 4 is 32.3 Å². The summed E-state index contributed by atoms with van der Waals surface area (Å²) in [6.07, 6.45) is 3.19. The van der Waals surface area contributed by atoms with E-state index in [1.165, 1.54) is 16.5 Å². The molecule has 0 saturated carbocycles. The molecule has 0 spiro atoms. The molecular weight excluding hydrogens is 382 g/mol. The zero-order valence-corrected chi connectivity index (χ0v) is 17.5. The lowest BCUT2D eigenvalue weighted by atomic mass is 9.69. The SMILES string of the molecule is CC1=CN(c2ccccc2)c2ccc3ccccc3c2C1(C)CCCS(=O)(=O)O. The summed E-state index contributed by atoms with van der Waals surface area (Å²) in [7, 11) is -3.97. The molecule has 0 aromatic heterocycles. The first-order valence-corrected chi connectivity index (χ1v) is 11.4. The van der Waals surface area contributed by atoms with Crippen LogP contribution in [0.2, 0.25) is 0 Å². The van der Waals surface area contributed by atoms with Gasteiger partial charge in [0.05, 0.1) is 11.4 Å². The van der Waals surface area contributed by atoms with Crippen LogP contribution in [0, 0.1) is 0 Å². The molecule has 4 rings (SSSR count). The Labute approximate surface area is 172 Å². The molecule has 1 heterocycles. The molecule has 0 fully saturated rings. The standard InChI is InChI=1S/C24H25NO3S/c1-18-17-25(20-10-4-3-5-11-20)22-14-13-19-9-6-7-12-21(19)23(22)24(18,2)15-8-16-29(26,27)28/h3-7,9-14,17H,8,15-16H2,1-2H3,(H,26,27,28). The van der Waals surface area contributed by atoms with Gasteiger partial charge in [0, 0.05) is 17.3 Å². The topological polar surface area (TPSA) is 57.6 Å². The zero-order valence-electron chi connectivity index (χ0n) is 16.7. The molecule has 0 bridgehead atoms. The fraction of sp³-hybridized carbons (Fsp3) is 0.250. The van der Waals surface area contributed by atoms with Gasteiger partial charge in [-0.3, -0.25) is 4.55 Å². The normalized spacial score (nSPS) is 19.1. The maximum Gasteiger partial charge on any atom is 0.264 e. The fourth-order valence-corrected chi connectivity index (χ4v) is 4.89. The summed E-state index contributed by atoms with van der Waals surface area (Å²) in [5.74, 6) is -0.224. The largest absolute Gasteiger partial charge is 0.317 e. The second-order valence-corrected chi connectivity index (χ2v) is 9.49. The number of hydrogen-bond acceptors (Lipinski definition) is 3. The van der Waals surface area contributed by atoms with Gasteiger partial charge >= 0.3 is 0 Å². The predicted octanol–water partition coefficient (Wildman–Crippen LogP) is 5.82. The van der Waals surface area contributed by atoms with Gasteiger partial charge < -0.3 is 4.90 Å². The van der Waals surface area contributed by atoms with Crippen LogP contribution in [0.3, 0.4) is 0 Å². The summed E-state index contributed by atoms with van der Waals surface area (Å²) in [6, 6.07) is 22.8. The second-order valence-electron chi connectivity index (χ2n) is 7.92. The van der Waals surface area contributed by atoms with Gasteiger partial charge in [0.1, 0.15) is 0 Å². The molecular formula is C24H25NO3S. The first-order chi connectivity index (χ1) is 13.8. The van der Waals surface area contributed by atoms with E-state index < -0.39 is 10.1 Å². The van der Waals surface area contributed by atoms with Gasteiger partial charge in [0.15, 0.2) is 0 Å². The average Bonchev–Trinajstić information content (AvgIpc) is 2.70. The molecule has 0 radical (unpaired) electrons. The van der Waals surface area contributed by atoms with E-state index in [1.54, 1.807) is 0 Å². The molecule has 1 N–H and O–H groups in total. The molecule has 1 unspecified atom stereocenters. The third kappa shape index (κ3) is 3.68.